The van der Waals surface area contributed by atoms with Gasteiger partial charge in [0, 0.05) is 67.5 Å². The molecule has 2 atom stereocenters. The second-order valence-corrected chi connectivity index (χ2v) is 16.9. The van der Waals surface area contributed by atoms with Crippen LogP contribution in [0.1, 0.15) is 35.1 Å². The number of hydrogen-bond acceptors (Lipinski definition) is 10. The number of amides is 2. The molecule has 4 heterocycles. The third kappa shape index (κ3) is 10.2. The number of benzene rings is 4. The summed E-state index contributed by atoms with van der Waals surface area (Å²) in [6, 6.07) is 26.2. The van der Waals surface area contributed by atoms with Gasteiger partial charge in [-0.2, -0.15) is 13.2 Å². The first kappa shape index (κ1) is 44.2. The van der Waals surface area contributed by atoms with E-state index in [0.29, 0.717) is 17.4 Å². The third-order valence-electron chi connectivity index (χ3n) is 12.0. The van der Waals surface area contributed by atoms with Crippen molar-refractivity contribution in [2.45, 2.75) is 58.0 Å². The van der Waals surface area contributed by atoms with Gasteiger partial charge < -0.3 is 40.1 Å². The van der Waals surface area contributed by atoms with Gasteiger partial charge >= 0.3 is 6.18 Å². The van der Waals surface area contributed by atoms with Crippen molar-refractivity contribution in [2.75, 3.05) is 73.8 Å². The molecule has 2 saturated heterocycles. The number of carbonyl (C=O) groups excluding carboxylic acids is 2. The Morgan fingerprint density at radius 3 is 1.58 bits per heavy atom. The van der Waals surface area contributed by atoms with Crippen LogP contribution in [-0.2, 0) is 15.8 Å². The van der Waals surface area contributed by atoms with Crippen LogP contribution in [-0.4, -0.2) is 98.3 Å². The normalized spacial score (nSPS) is 15.9. The first-order valence-electron chi connectivity index (χ1n) is 21.6. The molecule has 64 heavy (non-hydrogen) atoms. The summed E-state index contributed by atoms with van der Waals surface area (Å²) >= 11 is 0. The topological polar surface area (TPSA) is 124 Å². The molecule has 8 rings (SSSR count). The predicted octanol–water partition coefficient (Wildman–Crippen LogP) is 8.14. The molecule has 0 radical (unpaired) electrons. The molecule has 6 aromatic rings. The number of carbonyl (C=O) groups is 2. The fourth-order valence-corrected chi connectivity index (χ4v) is 8.30. The molecule has 2 aromatic heterocycles. The number of ether oxygens (including phenoxy) is 2. The quantitative estimate of drug-likeness (QED) is 0.111. The lowest BCUT2D eigenvalue weighted by atomic mass is 10.0. The summed E-state index contributed by atoms with van der Waals surface area (Å²) in [5, 5.41) is 10.8. The second-order valence-electron chi connectivity index (χ2n) is 16.9. The number of piperidine rings is 1. The third-order valence-corrected chi connectivity index (χ3v) is 12.0. The number of hydrogen-bond donors (Lipinski definition) is 3. The summed E-state index contributed by atoms with van der Waals surface area (Å²) in [7, 11) is 4.22. The summed E-state index contributed by atoms with van der Waals surface area (Å²) in [5.41, 5.74) is 4.29. The number of aromatic nitrogens is 2. The van der Waals surface area contributed by atoms with Gasteiger partial charge in [0.25, 0.3) is 11.8 Å². The van der Waals surface area contributed by atoms with Crippen LogP contribution in [0, 0.1) is 20.8 Å². The summed E-state index contributed by atoms with van der Waals surface area (Å²) in [6.45, 7) is 11.1. The van der Waals surface area contributed by atoms with Gasteiger partial charge in [-0.05, 0) is 144 Å². The van der Waals surface area contributed by atoms with E-state index in [1.54, 1.807) is 42.5 Å². The highest BCUT2D eigenvalue weighted by Gasteiger charge is 2.39. The molecule has 0 aliphatic carbocycles. The maximum atomic E-state index is 14.6. The van der Waals surface area contributed by atoms with Gasteiger partial charge in [-0.15, -0.1) is 0 Å². The van der Waals surface area contributed by atoms with E-state index in [4.69, 9.17) is 19.4 Å². The van der Waals surface area contributed by atoms with E-state index < -0.39 is 35.8 Å². The van der Waals surface area contributed by atoms with Crippen LogP contribution >= 0.6 is 0 Å². The summed E-state index contributed by atoms with van der Waals surface area (Å²) < 4.78 is 53.3. The van der Waals surface area contributed by atoms with E-state index in [1.807, 2.05) is 45.0 Å². The Bertz CT molecular complexity index is 2630. The van der Waals surface area contributed by atoms with Crippen LogP contribution in [0.15, 0.2) is 97.1 Å². The fraction of sp³-hybridized carbons (Fsp3) is 0.347. The summed E-state index contributed by atoms with van der Waals surface area (Å²) in [4.78, 5) is 45.9. The number of nitrogens with zero attached hydrogens (tertiary/aromatic N) is 5. The molecule has 334 valence electrons. The average Bonchev–Trinajstić information content (AvgIpc) is 3.28. The molecule has 2 amide bonds. The van der Waals surface area contributed by atoms with Crippen molar-refractivity contribution in [1.82, 2.24) is 20.2 Å². The van der Waals surface area contributed by atoms with E-state index in [2.05, 4.69) is 50.8 Å². The van der Waals surface area contributed by atoms with E-state index in [9.17, 15) is 22.8 Å². The number of anilines is 4. The molecule has 15 heteroatoms. The second kappa shape index (κ2) is 18.7. The molecule has 4 aromatic carbocycles. The Balaban J connectivity index is 1.10. The number of pyridine rings is 2. The highest BCUT2D eigenvalue weighted by Crippen LogP contribution is 2.33. The van der Waals surface area contributed by atoms with E-state index in [0.717, 1.165) is 127 Å². The van der Waals surface area contributed by atoms with Gasteiger partial charge in [-0.25, -0.2) is 9.97 Å². The van der Waals surface area contributed by atoms with Gasteiger partial charge in [0.2, 0.25) is 12.2 Å². The molecule has 12 nitrogen and oxygen atoms in total. The van der Waals surface area contributed by atoms with Crippen molar-refractivity contribution in [3.05, 3.63) is 119 Å². The first-order chi connectivity index (χ1) is 30.7. The lowest BCUT2D eigenvalue weighted by Crippen LogP contribution is -2.51. The number of aryl methyl sites for hydroxylation is 3. The molecular formula is C49H53F3N8O4. The number of nitrogens with one attached hydrogen (secondary N) is 3. The molecule has 0 bridgehead atoms. The Kier molecular flexibility index (Phi) is 12.9. The number of piperazine rings is 1. The number of halogens is 3. The standard InChI is InChI=1S/C49H53F3N8O4/c1-30-6-12-37(13-7-30)63-45(47(61)54-34-10-16-41-39(28-34)31(2)26-43(56-41)59-22-18-36(19-23-59)58(4)5)46(64-38-14-8-33(9-15-38)49(50,51)52)48(62)55-35-11-17-42-40(29-35)32(3)27-44(57-42)60-24-20-53-21-25-60/h6-17,26-29,36,45-46,53H,18-25H2,1-5H3,(H,54,61)(H,55,62). The zero-order chi connectivity index (χ0) is 45.1. The van der Waals surface area contributed by atoms with Crippen molar-refractivity contribution in [2.24, 2.45) is 0 Å². The lowest BCUT2D eigenvalue weighted by molar-refractivity contribution is -0.137. The van der Waals surface area contributed by atoms with E-state index in [-0.39, 0.29) is 11.5 Å². The van der Waals surface area contributed by atoms with Crippen molar-refractivity contribution >= 4 is 56.6 Å². The molecule has 2 fully saturated rings. The zero-order valence-electron chi connectivity index (χ0n) is 36.6. The maximum absolute atomic E-state index is 14.6. The van der Waals surface area contributed by atoms with Crippen LogP contribution in [0.25, 0.3) is 21.8 Å². The SMILES string of the molecule is Cc1ccc(OC(C(=O)Nc2ccc3nc(N4CCC(N(C)C)CC4)cc(C)c3c2)C(Oc2ccc(C(F)(F)F)cc2)C(=O)Nc2ccc3nc(N4CCNCC4)cc(C)c3c2)cc1. The highest BCUT2D eigenvalue weighted by molar-refractivity contribution is 6.04. The van der Waals surface area contributed by atoms with Gasteiger partial charge in [-0.3, -0.25) is 9.59 Å². The average molecular weight is 875 g/mol. The number of alkyl halides is 3. The molecule has 2 aliphatic rings. The van der Waals surface area contributed by atoms with Crippen molar-refractivity contribution in [3.8, 4) is 11.5 Å². The fourth-order valence-electron chi connectivity index (χ4n) is 8.30. The molecule has 3 N–H and O–H groups in total. The maximum Gasteiger partial charge on any atom is 0.416 e. The first-order valence-corrected chi connectivity index (χ1v) is 21.6. The van der Waals surface area contributed by atoms with Gasteiger partial charge in [0.1, 0.15) is 23.1 Å². The Morgan fingerprint density at radius 1 is 0.672 bits per heavy atom. The Labute approximate surface area is 370 Å². The molecule has 0 spiro atoms. The molecule has 0 saturated carbocycles. The minimum atomic E-state index is -4.60. The van der Waals surface area contributed by atoms with Gasteiger partial charge in [0.15, 0.2) is 0 Å². The smallest absolute Gasteiger partial charge is 0.416 e. The largest absolute Gasteiger partial charge is 0.476 e. The van der Waals surface area contributed by atoms with Crippen LogP contribution < -0.4 is 35.2 Å². The van der Waals surface area contributed by atoms with E-state index >= 15 is 0 Å². The number of fused-ring (bicyclic) bond motifs is 2. The molecular weight excluding hydrogens is 822 g/mol. The molecule has 2 unspecified atom stereocenters. The highest BCUT2D eigenvalue weighted by atomic mass is 19.4. The Morgan fingerprint density at radius 2 is 1.12 bits per heavy atom. The number of rotatable bonds is 12. The van der Waals surface area contributed by atoms with Crippen molar-refractivity contribution in [1.29, 1.82) is 0 Å². The summed E-state index contributed by atoms with van der Waals surface area (Å²) in [5.74, 6) is 0.471. The minimum absolute atomic E-state index is 0.0772. The predicted molar refractivity (Wildman–Crippen MR) is 246 cm³/mol. The van der Waals surface area contributed by atoms with Crippen LogP contribution in [0.2, 0.25) is 0 Å². The zero-order valence-corrected chi connectivity index (χ0v) is 36.6. The van der Waals surface area contributed by atoms with Crippen LogP contribution in [0.5, 0.6) is 11.5 Å². The summed E-state index contributed by atoms with van der Waals surface area (Å²) in [6.07, 6.45) is -5.85. The van der Waals surface area contributed by atoms with Crippen LogP contribution in [0.3, 0.4) is 0 Å². The van der Waals surface area contributed by atoms with Crippen molar-refractivity contribution < 1.29 is 32.2 Å². The minimum Gasteiger partial charge on any atom is -0.476 e. The molecule has 2 aliphatic heterocycles. The monoisotopic (exact) mass is 874 g/mol. The van der Waals surface area contributed by atoms with Crippen molar-refractivity contribution in [3.63, 3.8) is 0 Å². The van der Waals surface area contributed by atoms with E-state index in [1.165, 1.54) is 0 Å². The lowest BCUT2D eigenvalue weighted by Gasteiger charge is -2.36. The van der Waals surface area contributed by atoms with Gasteiger partial charge in [-0.1, -0.05) is 17.7 Å². The Hall–Kier alpha value is -6.45. The van der Waals surface area contributed by atoms with Crippen LogP contribution in [0.4, 0.5) is 36.2 Å². The van der Waals surface area contributed by atoms with Gasteiger partial charge in [0.05, 0.1) is 16.6 Å².